The Bertz CT molecular complexity index is 1160. The smallest absolute Gasteiger partial charge is 0.419 e. The zero-order valence-electron chi connectivity index (χ0n) is 21.2. The zero-order chi connectivity index (χ0) is 28.5. The lowest BCUT2D eigenvalue weighted by Crippen LogP contribution is -2.39. The number of nitrogens with one attached hydrogen (secondary N) is 2. The average Bonchev–Trinajstić information content (AvgIpc) is 2.88. The van der Waals surface area contributed by atoms with E-state index in [-0.39, 0.29) is 11.5 Å². The highest BCUT2D eigenvalue weighted by molar-refractivity contribution is 5.75. The molecule has 0 unspecified atom stereocenters. The van der Waals surface area contributed by atoms with Gasteiger partial charge in [0.15, 0.2) is 6.29 Å². The lowest BCUT2D eigenvalue weighted by molar-refractivity contribution is -0.143. The summed E-state index contributed by atoms with van der Waals surface area (Å²) in [5.74, 6) is -1.10. The Morgan fingerprint density at radius 1 is 1.34 bits per heavy atom. The topological polar surface area (TPSA) is 124 Å². The Balaban J connectivity index is 0.000000328. The number of rotatable bonds is 8. The molecular weight excluding hydrogens is 508 g/mol. The molecule has 0 saturated heterocycles. The molecule has 1 saturated carbocycles. The Kier molecular flexibility index (Phi) is 10.6. The number of carboxylic acids is 1. The summed E-state index contributed by atoms with van der Waals surface area (Å²) in [6.07, 6.45) is -1.65. The summed E-state index contributed by atoms with van der Waals surface area (Å²) < 4.78 is 58.6. The summed E-state index contributed by atoms with van der Waals surface area (Å²) in [6.45, 7) is 1.95. The van der Waals surface area contributed by atoms with Gasteiger partial charge in [-0.05, 0) is 63.9 Å². The number of carboxylic acid groups (broad SMARTS) is 1. The molecular formula is C26H30F4N4O4. The SMILES string of the molecule is CNCC1(F)CCC(C(=O)O)CC1.COc1ccc(C#N)cc1[C@H](C)Nc1ncc(C=O)cc1C(F)(F)F. The van der Waals surface area contributed by atoms with E-state index >= 15 is 0 Å². The average molecular weight is 539 g/mol. The van der Waals surface area contributed by atoms with E-state index in [9.17, 15) is 27.2 Å². The number of aliphatic carboxylic acids is 1. The van der Waals surface area contributed by atoms with Crippen LogP contribution in [0.5, 0.6) is 5.75 Å². The van der Waals surface area contributed by atoms with Gasteiger partial charge in [0.25, 0.3) is 0 Å². The lowest BCUT2D eigenvalue weighted by Gasteiger charge is -2.32. The molecule has 3 rings (SSSR count). The summed E-state index contributed by atoms with van der Waals surface area (Å²) in [7, 11) is 3.14. The highest BCUT2D eigenvalue weighted by atomic mass is 19.4. The number of methoxy groups -OCH3 is 1. The van der Waals surface area contributed by atoms with Crippen molar-refractivity contribution in [3.8, 4) is 11.8 Å². The van der Waals surface area contributed by atoms with E-state index in [2.05, 4.69) is 15.6 Å². The van der Waals surface area contributed by atoms with Gasteiger partial charge in [0.2, 0.25) is 0 Å². The van der Waals surface area contributed by atoms with Crippen LogP contribution < -0.4 is 15.4 Å². The number of anilines is 1. The molecule has 1 aliphatic carbocycles. The van der Waals surface area contributed by atoms with Gasteiger partial charge in [0.05, 0.1) is 36.3 Å². The van der Waals surface area contributed by atoms with Crippen LogP contribution in [0.15, 0.2) is 30.5 Å². The fourth-order valence-electron chi connectivity index (χ4n) is 4.18. The molecule has 1 aromatic heterocycles. The summed E-state index contributed by atoms with van der Waals surface area (Å²) in [4.78, 5) is 25.0. The standard InChI is InChI=1S/C17H14F3N3O2.C9H16FNO2/c1-10(13-5-11(7-21)3-4-15(13)25-2)23-16-14(17(18,19)20)6-12(9-24)8-22-16;1-11-6-9(10)4-2-7(3-5-9)8(12)13/h3-6,8-10H,1-2H3,(H,22,23);7,11H,2-6H2,1H3,(H,12,13)/t10-;/m0./s1. The predicted molar refractivity (Wildman–Crippen MR) is 132 cm³/mol. The van der Waals surface area contributed by atoms with Gasteiger partial charge >= 0.3 is 12.1 Å². The molecule has 0 aliphatic heterocycles. The van der Waals surface area contributed by atoms with E-state index in [0.29, 0.717) is 55.4 Å². The van der Waals surface area contributed by atoms with Crippen molar-refractivity contribution in [1.82, 2.24) is 10.3 Å². The summed E-state index contributed by atoms with van der Waals surface area (Å²) in [5.41, 5.74) is -1.53. The monoisotopic (exact) mass is 538 g/mol. The van der Waals surface area contributed by atoms with Crippen molar-refractivity contribution in [1.29, 1.82) is 5.26 Å². The Hall–Kier alpha value is -3.72. The second-order valence-electron chi connectivity index (χ2n) is 9.01. The number of halogens is 4. The number of carbonyl (C=O) groups is 2. The fraction of sp³-hybridized carbons (Fsp3) is 0.462. The third-order valence-corrected chi connectivity index (χ3v) is 6.25. The highest BCUT2D eigenvalue weighted by Crippen LogP contribution is 2.37. The van der Waals surface area contributed by atoms with Crippen molar-refractivity contribution in [2.45, 2.75) is 50.5 Å². The van der Waals surface area contributed by atoms with Crippen LogP contribution in [0.3, 0.4) is 0 Å². The number of aldehydes is 1. The van der Waals surface area contributed by atoms with Crippen LogP contribution in [0.25, 0.3) is 0 Å². The quantitative estimate of drug-likeness (QED) is 0.311. The van der Waals surface area contributed by atoms with Crippen molar-refractivity contribution in [2.75, 3.05) is 26.0 Å². The number of aromatic nitrogens is 1. The molecule has 0 amide bonds. The van der Waals surface area contributed by atoms with E-state index in [1.165, 1.54) is 13.2 Å². The van der Waals surface area contributed by atoms with E-state index in [1.54, 1.807) is 26.1 Å². The number of nitriles is 1. The van der Waals surface area contributed by atoms with Gasteiger partial charge in [-0.25, -0.2) is 9.37 Å². The van der Waals surface area contributed by atoms with Crippen LogP contribution in [0.4, 0.5) is 23.4 Å². The maximum atomic E-state index is 13.8. The molecule has 3 N–H and O–H groups in total. The summed E-state index contributed by atoms with van der Waals surface area (Å²) in [5, 5.41) is 23.2. The van der Waals surface area contributed by atoms with Crippen molar-refractivity contribution in [2.24, 2.45) is 5.92 Å². The first-order valence-electron chi connectivity index (χ1n) is 11.8. The molecule has 1 atom stereocenters. The van der Waals surface area contributed by atoms with Crippen molar-refractivity contribution >= 4 is 18.1 Å². The van der Waals surface area contributed by atoms with E-state index in [0.717, 1.165) is 12.3 Å². The van der Waals surface area contributed by atoms with Crippen molar-refractivity contribution in [3.63, 3.8) is 0 Å². The molecule has 1 fully saturated rings. The van der Waals surface area contributed by atoms with Gasteiger partial charge in [-0.1, -0.05) is 0 Å². The van der Waals surface area contributed by atoms with Crippen LogP contribution in [0, 0.1) is 17.2 Å². The number of alkyl halides is 4. The number of hydrogen-bond acceptors (Lipinski definition) is 7. The molecule has 8 nitrogen and oxygen atoms in total. The van der Waals surface area contributed by atoms with Gasteiger partial charge in [-0.3, -0.25) is 9.59 Å². The first-order chi connectivity index (χ1) is 17.9. The zero-order valence-corrected chi connectivity index (χ0v) is 21.2. The van der Waals surface area contributed by atoms with Gasteiger partial charge in [0, 0.05) is 23.9 Å². The lowest BCUT2D eigenvalue weighted by atomic mass is 9.80. The molecule has 1 aliphatic rings. The molecule has 12 heteroatoms. The minimum absolute atomic E-state index is 0.172. The minimum atomic E-state index is -4.67. The Morgan fingerprint density at radius 2 is 2.00 bits per heavy atom. The third-order valence-electron chi connectivity index (χ3n) is 6.25. The van der Waals surface area contributed by atoms with E-state index in [4.69, 9.17) is 15.1 Å². The fourth-order valence-corrected chi connectivity index (χ4v) is 4.18. The molecule has 1 aromatic carbocycles. The normalized spacial score (nSPS) is 19.8. The predicted octanol–water partition coefficient (Wildman–Crippen LogP) is 5.16. The van der Waals surface area contributed by atoms with E-state index in [1.807, 2.05) is 6.07 Å². The number of carbonyl (C=O) groups excluding carboxylic acids is 1. The first-order valence-corrected chi connectivity index (χ1v) is 11.8. The largest absolute Gasteiger partial charge is 0.496 e. The van der Waals surface area contributed by atoms with Crippen molar-refractivity contribution < 1.29 is 37.0 Å². The van der Waals surface area contributed by atoms with Crippen LogP contribution in [-0.2, 0) is 11.0 Å². The van der Waals surface area contributed by atoms with Gasteiger partial charge in [-0.15, -0.1) is 0 Å². The maximum absolute atomic E-state index is 13.8. The molecule has 38 heavy (non-hydrogen) atoms. The minimum Gasteiger partial charge on any atom is -0.496 e. The molecule has 1 heterocycles. The number of hydrogen-bond donors (Lipinski definition) is 3. The molecule has 2 aromatic rings. The molecule has 0 radical (unpaired) electrons. The van der Waals surface area contributed by atoms with Crippen LogP contribution in [-0.4, -0.2) is 48.7 Å². The van der Waals surface area contributed by atoms with Gasteiger partial charge < -0.3 is 20.5 Å². The number of ether oxygens (including phenoxy) is 1. The maximum Gasteiger partial charge on any atom is 0.419 e. The number of nitrogens with zero attached hydrogens (tertiary/aromatic N) is 2. The number of pyridine rings is 1. The molecule has 0 spiro atoms. The molecule has 206 valence electrons. The summed E-state index contributed by atoms with van der Waals surface area (Å²) in [6, 6.07) is 6.73. The Morgan fingerprint density at radius 3 is 2.50 bits per heavy atom. The highest BCUT2D eigenvalue weighted by Gasteiger charge is 2.37. The Labute approximate surface area is 218 Å². The van der Waals surface area contributed by atoms with E-state index < -0.39 is 35.2 Å². The van der Waals surface area contributed by atoms with Gasteiger partial charge in [-0.2, -0.15) is 18.4 Å². The van der Waals surface area contributed by atoms with Crippen LogP contribution in [0.2, 0.25) is 0 Å². The molecule has 0 bridgehead atoms. The first kappa shape index (κ1) is 30.5. The van der Waals surface area contributed by atoms with Gasteiger partial charge in [0.1, 0.15) is 17.2 Å². The van der Waals surface area contributed by atoms with Crippen LogP contribution >= 0.6 is 0 Å². The summed E-state index contributed by atoms with van der Waals surface area (Å²) >= 11 is 0. The number of benzene rings is 1. The second-order valence-corrected chi connectivity index (χ2v) is 9.01. The second kappa shape index (κ2) is 13.2. The van der Waals surface area contributed by atoms with Crippen LogP contribution in [0.1, 0.15) is 65.7 Å². The third kappa shape index (κ3) is 8.14. The van der Waals surface area contributed by atoms with Crippen molar-refractivity contribution in [3.05, 3.63) is 52.7 Å².